The number of aromatic carboxylic acids is 1. The number of aromatic hydroxyl groups is 1. The number of nitrogens with zero attached hydrogens (tertiary/aromatic N) is 1. The molecule has 0 atom stereocenters. The van der Waals surface area contributed by atoms with Crippen LogP contribution in [0.25, 0.3) is 11.3 Å². The van der Waals surface area contributed by atoms with Crippen LogP contribution in [0, 0.1) is 6.92 Å². The first-order valence-electron chi connectivity index (χ1n) is 4.58. The SMILES string of the molecule is Cc1oc(C(=O)O)nc1-c1ccccc1O. The third-order valence-corrected chi connectivity index (χ3v) is 2.14. The number of phenols is 1. The van der Waals surface area contributed by atoms with Crippen LogP contribution in [0.1, 0.15) is 16.4 Å². The Hall–Kier alpha value is -2.30. The summed E-state index contributed by atoms with van der Waals surface area (Å²) in [6.45, 7) is 1.60. The first-order chi connectivity index (χ1) is 7.59. The highest BCUT2D eigenvalue weighted by Gasteiger charge is 2.18. The fourth-order valence-electron chi connectivity index (χ4n) is 1.41. The monoisotopic (exact) mass is 219 g/mol. The fourth-order valence-corrected chi connectivity index (χ4v) is 1.41. The highest BCUT2D eigenvalue weighted by atomic mass is 16.4. The molecular weight excluding hydrogens is 210 g/mol. The highest BCUT2D eigenvalue weighted by Crippen LogP contribution is 2.30. The summed E-state index contributed by atoms with van der Waals surface area (Å²) in [5.74, 6) is -1.21. The van der Waals surface area contributed by atoms with Crippen molar-refractivity contribution in [3.8, 4) is 17.0 Å². The molecule has 0 aliphatic carbocycles. The second-order valence-corrected chi connectivity index (χ2v) is 3.25. The van der Waals surface area contributed by atoms with Crippen LogP contribution in [0.3, 0.4) is 0 Å². The molecule has 0 unspecified atom stereocenters. The maximum atomic E-state index is 10.7. The van der Waals surface area contributed by atoms with Crippen LogP contribution in [-0.2, 0) is 0 Å². The lowest BCUT2D eigenvalue weighted by Gasteiger charge is -1.99. The van der Waals surface area contributed by atoms with Gasteiger partial charge in [0.15, 0.2) is 0 Å². The molecule has 0 amide bonds. The molecule has 0 aliphatic rings. The molecule has 0 aliphatic heterocycles. The maximum absolute atomic E-state index is 10.7. The number of aryl methyl sites for hydroxylation is 1. The maximum Gasteiger partial charge on any atom is 0.392 e. The molecule has 16 heavy (non-hydrogen) atoms. The van der Waals surface area contributed by atoms with Crippen LogP contribution in [0.5, 0.6) is 5.75 Å². The quantitative estimate of drug-likeness (QED) is 0.807. The standard InChI is InChI=1S/C11H9NO4/c1-6-9(12-10(16-6)11(14)15)7-4-2-3-5-8(7)13/h2-5,13H,1H3,(H,14,15). The average molecular weight is 219 g/mol. The predicted octanol–water partition coefficient (Wildman–Crippen LogP) is 2.05. The van der Waals surface area contributed by atoms with E-state index in [1.165, 1.54) is 6.07 Å². The van der Waals surface area contributed by atoms with Gasteiger partial charge in [-0.1, -0.05) is 12.1 Å². The number of phenolic OH excluding ortho intramolecular Hbond substituents is 1. The van der Waals surface area contributed by atoms with Crippen molar-refractivity contribution >= 4 is 5.97 Å². The van der Waals surface area contributed by atoms with Gasteiger partial charge in [0, 0.05) is 5.56 Å². The van der Waals surface area contributed by atoms with Gasteiger partial charge in [0.2, 0.25) is 0 Å². The molecule has 1 aromatic carbocycles. The van der Waals surface area contributed by atoms with E-state index >= 15 is 0 Å². The van der Waals surface area contributed by atoms with Gasteiger partial charge in [-0.05, 0) is 19.1 Å². The minimum atomic E-state index is -1.23. The van der Waals surface area contributed by atoms with E-state index in [1.807, 2.05) is 0 Å². The zero-order valence-corrected chi connectivity index (χ0v) is 8.47. The highest BCUT2D eigenvalue weighted by molar-refractivity contribution is 5.83. The Morgan fingerprint density at radius 3 is 2.62 bits per heavy atom. The lowest BCUT2D eigenvalue weighted by Crippen LogP contribution is -1.95. The lowest BCUT2D eigenvalue weighted by molar-refractivity contribution is 0.0652. The van der Waals surface area contributed by atoms with Gasteiger partial charge in [0.25, 0.3) is 0 Å². The Morgan fingerprint density at radius 1 is 1.38 bits per heavy atom. The van der Waals surface area contributed by atoms with E-state index in [0.717, 1.165) is 0 Å². The average Bonchev–Trinajstić information content (AvgIpc) is 2.61. The number of para-hydroxylation sites is 1. The zero-order chi connectivity index (χ0) is 11.7. The first kappa shape index (κ1) is 10.2. The predicted molar refractivity (Wildman–Crippen MR) is 55.3 cm³/mol. The third kappa shape index (κ3) is 1.63. The van der Waals surface area contributed by atoms with Crippen LogP contribution in [0.2, 0.25) is 0 Å². The van der Waals surface area contributed by atoms with Crippen molar-refractivity contribution in [2.24, 2.45) is 0 Å². The summed E-state index contributed by atoms with van der Waals surface area (Å²) in [5.41, 5.74) is 0.798. The summed E-state index contributed by atoms with van der Waals surface area (Å²) >= 11 is 0. The summed E-state index contributed by atoms with van der Waals surface area (Å²) in [5, 5.41) is 18.3. The van der Waals surface area contributed by atoms with Crippen LogP contribution in [0.4, 0.5) is 0 Å². The molecule has 2 N–H and O–H groups in total. The molecule has 0 saturated heterocycles. The van der Waals surface area contributed by atoms with Gasteiger partial charge >= 0.3 is 11.9 Å². The number of oxazole rings is 1. The van der Waals surface area contributed by atoms with Crippen molar-refractivity contribution in [2.75, 3.05) is 0 Å². The van der Waals surface area contributed by atoms with Crippen molar-refractivity contribution in [3.05, 3.63) is 35.9 Å². The minimum absolute atomic E-state index is 0.0378. The summed E-state index contributed by atoms with van der Waals surface area (Å²) in [6.07, 6.45) is 0. The smallest absolute Gasteiger partial charge is 0.392 e. The van der Waals surface area contributed by atoms with Crippen molar-refractivity contribution < 1.29 is 19.4 Å². The van der Waals surface area contributed by atoms with Gasteiger partial charge in [0.1, 0.15) is 17.2 Å². The normalized spacial score (nSPS) is 10.3. The molecule has 2 rings (SSSR count). The Kier molecular flexibility index (Phi) is 2.36. The lowest BCUT2D eigenvalue weighted by atomic mass is 10.1. The molecular formula is C11H9NO4. The first-order valence-corrected chi connectivity index (χ1v) is 4.58. The van der Waals surface area contributed by atoms with Crippen LogP contribution < -0.4 is 0 Å². The van der Waals surface area contributed by atoms with Crippen molar-refractivity contribution in [2.45, 2.75) is 6.92 Å². The Bertz CT molecular complexity index is 545. The van der Waals surface area contributed by atoms with Gasteiger partial charge in [-0.25, -0.2) is 9.78 Å². The van der Waals surface area contributed by atoms with Crippen molar-refractivity contribution in [1.29, 1.82) is 0 Å². The van der Waals surface area contributed by atoms with E-state index in [2.05, 4.69) is 4.98 Å². The number of carbonyl (C=O) groups is 1. The summed E-state index contributed by atoms with van der Waals surface area (Å²) < 4.78 is 4.96. The number of hydrogen-bond acceptors (Lipinski definition) is 4. The second-order valence-electron chi connectivity index (χ2n) is 3.25. The largest absolute Gasteiger partial charge is 0.507 e. The Balaban J connectivity index is 2.57. The van der Waals surface area contributed by atoms with Crippen LogP contribution >= 0.6 is 0 Å². The summed E-state index contributed by atoms with van der Waals surface area (Å²) in [7, 11) is 0. The molecule has 2 aromatic rings. The van der Waals surface area contributed by atoms with E-state index in [4.69, 9.17) is 9.52 Å². The molecule has 5 heteroatoms. The minimum Gasteiger partial charge on any atom is -0.507 e. The number of aromatic nitrogens is 1. The van der Waals surface area contributed by atoms with E-state index in [9.17, 15) is 9.90 Å². The van der Waals surface area contributed by atoms with Gasteiger partial charge < -0.3 is 14.6 Å². The molecule has 0 spiro atoms. The van der Waals surface area contributed by atoms with Crippen molar-refractivity contribution in [1.82, 2.24) is 4.98 Å². The second kappa shape index (κ2) is 3.69. The topological polar surface area (TPSA) is 83.6 Å². The van der Waals surface area contributed by atoms with Gasteiger partial charge in [-0.3, -0.25) is 0 Å². The number of rotatable bonds is 2. The Morgan fingerprint density at radius 2 is 2.06 bits per heavy atom. The van der Waals surface area contributed by atoms with Crippen LogP contribution in [-0.4, -0.2) is 21.2 Å². The van der Waals surface area contributed by atoms with E-state index in [0.29, 0.717) is 17.0 Å². The number of hydrogen-bond donors (Lipinski definition) is 2. The third-order valence-electron chi connectivity index (χ3n) is 2.14. The van der Waals surface area contributed by atoms with E-state index < -0.39 is 5.97 Å². The molecule has 0 radical (unpaired) electrons. The summed E-state index contributed by atoms with van der Waals surface area (Å²) in [6, 6.07) is 6.55. The molecule has 1 heterocycles. The zero-order valence-electron chi connectivity index (χ0n) is 8.47. The molecule has 1 aromatic heterocycles. The molecule has 0 saturated carbocycles. The van der Waals surface area contributed by atoms with E-state index in [-0.39, 0.29) is 11.6 Å². The fraction of sp³-hybridized carbons (Fsp3) is 0.0909. The van der Waals surface area contributed by atoms with Gasteiger partial charge in [-0.2, -0.15) is 0 Å². The molecule has 0 bridgehead atoms. The van der Waals surface area contributed by atoms with E-state index in [1.54, 1.807) is 25.1 Å². The summed E-state index contributed by atoms with van der Waals surface area (Å²) in [4.78, 5) is 14.5. The molecule has 82 valence electrons. The molecule has 5 nitrogen and oxygen atoms in total. The van der Waals surface area contributed by atoms with Gasteiger partial charge in [-0.15, -0.1) is 0 Å². The van der Waals surface area contributed by atoms with Gasteiger partial charge in [0.05, 0.1) is 0 Å². The number of benzene rings is 1. The Labute approximate surface area is 91.0 Å². The molecule has 0 fully saturated rings. The van der Waals surface area contributed by atoms with Crippen LogP contribution in [0.15, 0.2) is 28.7 Å². The number of carboxylic acids is 1. The number of carboxylic acid groups (broad SMARTS) is 1. The van der Waals surface area contributed by atoms with Crippen molar-refractivity contribution in [3.63, 3.8) is 0 Å².